The molecule has 0 saturated carbocycles. The van der Waals surface area contributed by atoms with Gasteiger partial charge in [0.05, 0.1) is 0 Å². The summed E-state index contributed by atoms with van der Waals surface area (Å²) in [5.74, 6) is 1.72. The molecule has 54 valence electrons. The maximum atomic E-state index is 9.82. The Bertz CT molecular complexity index is 193. The Labute approximate surface area is 61.8 Å². The van der Waals surface area contributed by atoms with Gasteiger partial charge in [0.1, 0.15) is 5.94 Å². The summed E-state index contributed by atoms with van der Waals surface area (Å²) in [4.78, 5) is 9.82. The zero-order chi connectivity index (χ0) is 7.98. The van der Waals surface area contributed by atoms with Gasteiger partial charge in [-0.1, -0.05) is 18.2 Å². The van der Waals surface area contributed by atoms with Crippen molar-refractivity contribution in [3.63, 3.8) is 0 Å². The molecule has 0 atom stereocenters. The number of hydrogen-bond acceptors (Lipinski definition) is 1. The van der Waals surface area contributed by atoms with Crippen LogP contribution in [0.25, 0.3) is 0 Å². The third kappa shape index (κ3) is 5.07. The second kappa shape index (κ2) is 4.78. The molecular weight excluding hydrogens is 124 g/mol. The molecule has 0 spiro atoms. The first kappa shape index (κ1) is 8.93. The maximum absolute atomic E-state index is 9.82. The van der Waals surface area contributed by atoms with Crippen molar-refractivity contribution in [1.29, 1.82) is 0 Å². The van der Waals surface area contributed by atoms with Gasteiger partial charge in [0.25, 0.3) is 0 Å². The number of rotatable bonds is 3. The lowest BCUT2D eigenvalue weighted by Crippen LogP contribution is -1.72. The van der Waals surface area contributed by atoms with Gasteiger partial charge in [0.2, 0.25) is 0 Å². The fourth-order valence-corrected chi connectivity index (χ4v) is 0.487. The smallest absolute Gasteiger partial charge is 0.124 e. The first-order valence-electron chi connectivity index (χ1n) is 3.19. The summed E-state index contributed by atoms with van der Waals surface area (Å²) in [5, 5.41) is 0. The fraction of sp³-hybridized carbons (Fsp3) is 0.333. The van der Waals surface area contributed by atoms with E-state index in [0.29, 0.717) is 0 Å². The van der Waals surface area contributed by atoms with Gasteiger partial charge in [-0.05, 0) is 25.8 Å². The molecular formula is C9H12O. The van der Waals surface area contributed by atoms with Crippen LogP contribution >= 0.6 is 0 Å². The molecule has 0 aromatic heterocycles. The lowest BCUT2D eigenvalue weighted by molar-refractivity contribution is 0.569. The van der Waals surface area contributed by atoms with E-state index < -0.39 is 0 Å². The first-order chi connectivity index (χ1) is 4.66. The van der Waals surface area contributed by atoms with E-state index in [1.807, 2.05) is 19.9 Å². The zero-order valence-corrected chi connectivity index (χ0v) is 6.48. The molecule has 0 aliphatic carbocycles. The molecule has 10 heavy (non-hydrogen) atoms. The minimum Gasteiger partial charge on any atom is -0.233 e. The summed E-state index contributed by atoms with van der Waals surface area (Å²) in [7, 11) is 0. The third-order valence-corrected chi connectivity index (χ3v) is 1.06. The normalized spacial score (nSPS) is 10.4. The van der Waals surface area contributed by atoms with Crippen molar-refractivity contribution in [2.24, 2.45) is 0 Å². The van der Waals surface area contributed by atoms with Crippen LogP contribution in [0.5, 0.6) is 0 Å². The van der Waals surface area contributed by atoms with Gasteiger partial charge in [-0.15, -0.1) is 0 Å². The molecule has 0 aromatic carbocycles. The van der Waals surface area contributed by atoms with Crippen LogP contribution in [0.15, 0.2) is 29.9 Å². The van der Waals surface area contributed by atoms with Crippen molar-refractivity contribution in [3.05, 3.63) is 29.9 Å². The van der Waals surface area contributed by atoms with Crippen molar-refractivity contribution in [3.8, 4) is 0 Å². The molecule has 0 bridgehead atoms. The molecule has 0 N–H and O–H groups in total. The van der Waals surface area contributed by atoms with Crippen LogP contribution in [0.4, 0.5) is 0 Å². The van der Waals surface area contributed by atoms with E-state index in [-0.39, 0.29) is 0 Å². The molecule has 0 saturated heterocycles. The summed E-state index contributed by atoms with van der Waals surface area (Å²) in [5.41, 5.74) is 2.04. The Balaban J connectivity index is 3.91. The molecule has 0 aliphatic heterocycles. The molecule has 1 heteroatoms. The van der Waals surface area contributed by atoms with Gasteiger partial charge >= 0.3 is 0 Å². The Kier molecular flexibility index (Phi) is 4.26. The van der Waals surface area contributed by atoms with Crippen LogP contribution in [0.1, 0.15) is 20.3 Å². The molecule has 1 nitrogen and oxygen atoms in total. The highest BCUT2D eigenvalue weighted by atomic mass is 16.1. The average Bonchev–Trinajstić information content (AvgIpc) is 1.85. The van der Waals surface area contributed by atoms with Crippen molar-refractivity contribution in [2.45, 2.75) is 20.3 Å². The monoisotopic (exact) mass is 136 g/mol. The molecule has 0 amide bonds. The van der Waals surface area contributed by atoms with Gasteiger partial charge < -0.3 is 0 Å². The van der Waals surface area contributed by atoms with E-state index in [1.54, 1.807) is 5.94 Å². The molecule has 0 aliphatic rings. The van der Waals surface area contributed by atoms with Crippen LogP contribution in [-0.2, 0) is 4.79 Å². The van der Waals surface area contributed by atoms with E-state index in [2.05, 4.69) is 6.58 Å². The standard InChI is InChI=1S/C9H12O/c1-8(2)4-5-9(3)6-7-10/h5-6H,1,4H2,2-3H3/b9-5-. The van der Waals surface area contributed by atoms with Gasteiger partial charge in [-0.3, -0.25) is 0 Å². The summed E-state index contributed by atoms with van der Waals surface area (Å²) >= 11 is 0. The summed E-state index contributed by atoms with van der Waals surface area (Å²) in [6.45, 7) is 7.55. The van der Waals surface area contributed by atoms with Gasteiger partial charge in [-0.2, -0.15) is 0 Å². The van der Waals surface area contributed by atoms with Crippen LogP contribution in [0, 0.1) is 0 Å². The highest BCUT2D eigenvalue weighted by molar-refractivity contribution is 5.51. The van der Waals surface area contributed by atoms with Gasteiger partial charge in [0.15, 0.2) is 0 Å². The number of hydrogen-bond donors (Lipinski definition) is 0. The lowest BCUT2D eigenvalue weighted by atomic mass is 10.2. The largest absolute Gasteiger partial charge is 0.233 e. The van der Waals surface area contributed by atoms with E-state index in [9.17, 15) is 4.79 Å². The Hall–Kier alpha value is -1.07. The Morgan fingerprint density at radius 3 is 2.60 bits per heavy atom. The molecule has 0 rings (SSSR count). The number of carbonyl (C=O) groups excluding carboxylic acids is 1. The highest BCUT2D eigenvalue weighted by Crippen LogP contribution is 2.01. The van der Waals surface area contributed by atoms with E-state index in [1.165, 1.54) is 6.08 Å². The van der Waals surface area contributed by atoms with Crippen LogP contribution in [0.2, 0.25) is 0 Å². The van der Waals surface area contributed by atoms with Gasteiger partial charge in [0, 0.05) is 6.08 Å². The van der Waals surface area contributed by atoms with Crippen LogP contribution in [-0.4, -0.2) is 5.94 Å². The maximum Gasteiger partial charge on any atom is 0.124 e. The zero-order valence-electron chi connectivity index (χ0n) is 6.48. The quantitative estimate of drug-likeness (QED) is 0.330. The van der Waals surface area contributed by atoms with E-state index in [4.69, 9.17) is 0 Å². The highest BCUT2D eigenvalue weighted by Gasteiger charge is 1.82. The molecule has 0 aromatic rings. The fourth-order valence-electron chi connectivity index (χ4n) is 0.487. The Morgan fingerprint density at radius 2 is 2.20 bits per heavy atom. The summed E-state index contributed by atoms with van der Waals surface area (Å²) in [6, 6.07) is 0. The average molecular weight is 136 g/mol. The molecule has 0 radical (unpaired) electrons. The molecule has 0 unspecified atom stereocenters. The van der Waals surface area contributed by atoms with Gasteiger partial charge in [-0.25, -0.2) is 4.79 Å². The first-order valence-corrected chi connectivity index (χ1v) is 3.19. The van der Waals surface area contributed by atoms with Crippen LogP contribution < -0.4 is 0 Å². The predicted octanol–water partition coefficient (Wildman–Crippen LogP) is 2.29. The van der Waals surface area contributed by atoms with Crippen molar-refractivity contribution >= 4 is 5.94 Å². The topological polar surface area (TPSA) is 17.1 Å². The minimum atomic E-state index is 0.837. The van der Waals surface area contributed by atoms with Crippen molar-refractivity contribution in [1.82, 2.24) is 0 Å². The second-order valence-electron chi connectivity index (χ2n) is 2.37. The van der Waals surface area contributed by atoms with Crippen LogP contribution in [0.3, 0.4) is 0 Å². The van der Waals surface area contributed by atoms with E-state index >= 15 is 0 Å². The van der Waals surface area contributed by atoms with Crippen molar-refractivity contribution in [2.75, 3.05) is 0 Å². The molecule has 0 fully saturated rings. The van der Waals surface area contributed by atoms with Crippen molar-refractivity contribution < 1.29 is 4.79 Å². The summed E-state index contributed by atoms with van der Waals surface area (Å²) < 4.78 is 0. The lowest BCUT2D eigenvalue weighted by Gasteiger charge is -1.90. The molecule has 0 heterocycles. The minimum absolute atomic E-state index is 0.837. The third-order valence-electron chi connectivity index (χ3n) is 1.06. The Morgan fingerprint density at radius 1 is 1.60 bits per heavy atom. The SMILES string of the molecule is C=C(C)C/C=C(/C)C=C=O. The summed E-state index contributed by atoms with van der Waals surface area (Å²) in [6.07, 6.45) is 4.21. The second-order valence-corrected chi connectivity index (χ2v) is 2.37. The predicted molar refractivity (Wildman–Crippen MR) is 43.5 cm³/mol. The number of allylic oxidation sites excluding steroid dienone is 4. The van der Waals surface area contributed by atoms with E-state index in [0.717, 1.165) is 17.6 Å².